The Morgan fingerprint density at radius 3 is 2.54 bits per heavy atom. The van der Waals surface area contributed by atoms with Crippen molar-refractivity contribution in [3.63, 3.8) is 0 Å². The second kappa shape index (κ2) is 10.3. The van der Waals surface area contributed by atoms with Crippen LogP contribution in [0.3, 0.4) is 0 Å². The Bertz CT molecular complexity index is 1520. The molecule has 0 unspecified atom stereocenters. The fourth-order valence-corrected chi connectivity index (χ4v) is 4.14. The molecule has 0 aliphatic rings. The first-order valence-electron chi connectivity index (χ1n) is 12.3. The lowest BCUT2D eigenvalue weighted by atomic mass is 9.87. The third-order valence-electron chi connectivity index (χ3n) is 6.31. The van der Waals surface area contributed by atoms with Crippen molar-refractivity contribution in [1.29, 1.82) is 0 Å². The molecule has 2 aromatic heterocycles. The minimum atomic E-state index is -0.147. The van der Waals surface area contributed by atoms with Gasteiger partial charge in [0.15, 0.2) is 0 Å². The number of carbonyl (C=O) groups excluding carboxylic acids is 1. The second-order valence-corrected chi connectivity index (χ2v) is 10.1. The lowest BCUT2D eigenvalue weighted by molar-refractivity contribution is 0.0951. The number of aromatic nitrogens is 3. The van der Waals surface area contributed by atoms with E-state index in [2.05, 4.69) is 60.3 Å². The van der Waals surface area contributed by atoms with Crippen LogP contribution >= 0.6 is 0 Å². The molecule has 6 heteroatoms. The zero-order valence-corrected chi connectivity index (χ0v) is 21.3. The summed E-state index contributed by atoms with van der Waals surface area (Å²) >= 11 is 0. The van der Waals surface area contributed by atoms with Crippen LogP contribution in [0.4, 0.5) is 0 Å². The molecule has 0 aliphatic carbocycles. The summed E-state index contributed by atoms with van der Waals surface area (Å²) in [6, 6.07) is 25.9. The molecule has 6 nitrogen and oxygen atoms in total. The van der Waals surface area contributed by atoms with Crippen LogP contribution in [0.2, 0.25) is 0 Å². The molecule has 0 aliphatic heterocycles. The van der Waals surface area contributed by atoms with E-state index >= 15 is 0 Å². The summed E-state index contributed by atoms with van der Waals surface area (Å²) in [5, 5.41) is 2.93. The summed E-state index contributed by atoms with van der Waals surface area (Å²) in [6.45, 7) is 7.55. The van der Waals surface area contributed by atoms with Crippen LogP contribution in [0, 0.1) is 0 Å². The average molecular weight is 491 g/mol. The second-order valence-electron chi connectivity index (χ2n) is 10.1. The van der Waals surface area contributed by atoms with E-state index in [9.17, 15) is 4.79 Å². The predicted molar refractivity (Wildman–Crippen MR) is 146 cm³/mol. The number of nitrogens with zero attached hydrogens (tertiary/aromatic N) is 3. The van der Waals surface area contributed by atoms with Gasteiger partial charge in [0, 0.05) is 30.6 Å². The van der Waals surface area contributed by atoms with Crippen LogP contribution in [-0.4, -0.2) is 20.4 Å². The lowest BCUT2D eigenvalue weighted by Crippen LogP contribution is -2.22. The lowest BCUT2D eigenvalue weighted by Gasteiger charge is -2.19. The molecule has 0 radical (unpaired) electrons. The molecular weight excluding hydrogens is 460 g/mol. The number of ether oxygens (including phenoxy) is 1. The Kier molecular flexibility index (Phi) is 6.73. The van der Waals surface area contributed by atoms with Gasteiger partial charge in [0.25, 0.3) is 5.91 Å². The summed E-state index contributed by atoms with van der Waals surface area (Å²) in [5.41, 5.74) is 6.68. The Labute approximate surface area is 217 Å². The molecule has 5 rings (SSSR count). The standard InChI is InChI=1S/C31H30N4O2/c1-31(2,3)25-12-9-22(10-13-25)20-37-27-8-4-7-26(17-27)35-21-34-28-16-24(11-14-29(28)35)30(36)33-19-23-6-5-15-32-18-23/h4-18,21H,19-20H2,1-3H3,(H,33,36). The van der Waals surface area contributed by atoms with Gasteiger partial charge in [-0.05, 0) is 58.5 Å². The zero-order chi connectivity index (χ0) is 25.8. The van der Waals surface area contributed by atoms with Crippen molar-refractivity contribution in [3.8, 4) is 11.4 Å². The third kappa shape index (κ3) is 5.70. The van der Waals surface area contributed by atoms with E-state index in [4.69, 9.17) is 4.74 Å². The van der Waals surface area contributed by atoms with Crippen LogP contribution in [0.1, 0.15) is 47.8 Å². The number of hydrogen-bond donors (Lipinski definition) is 1. The van der Waals surface area contributed by atoms with E-state index in [-0.39, 0.29) is 11.3 Å². The van der Waals surface area contributed by atoms with Crippen molar-refractivity contribution in [1.82, 2.24) is 19.9 Å². The molecule has 0 fully saturated rings. The fraction of sp³-hybridized carbons (Fsp3) is 0.194. The van der Waals surface area contributed by atoms with Crippen molar-refractivity contribution in [3.05, 3.63) is 120 Å². The van der Waals surface area contributed by atoms with Gasteiger partial charge in [0.1, 0.15) is 18.7 Å². The molecule has 1 amide bonds. The van der Waals surface area contributed by atoms with E-state index in [0.717, 1.165) is 33.6 Å². The van der Waals surface area contributed by atoms with Crippen LogP contribution < -0.4 is 10.1 Å². The molecule has 186 valence electrons. The highest BCUT2D eigenvalue weighted by Crippen LogP contribution is 2.25. The van der Waals surface area contributed by atoms with E-state index in [1.165, 1.54) is 5.56 Å². The molecule has 5 aromatic rings. The molecule has 0 saturated carbocycles. The van der Waals surface area contributed by atoms with Gasteiger partial charge in [-0.1, -0.05) is 57.2 Å². The molecule has 0 bridgehead atoms. The summed E-state index contributed by atoms with van der Waals surface area (Å²) < 4.78 is 8.09. The summed E-state index contributed by atoms with van der Waals surface area (Å²) in [7, 11) is 0. The summed E-state index contributed by atoms with van der Waals surface area (Å²) in [4.78, 5) is 21.3. The first-order chi connectivity index (χ1) is 17.9. The van der Waals surface area contributed by atoms with Crippen molar-refractivity contribution in [2.45, 2.75) is 39.3 Å². The molecule has 0 spiro atoms. The van der Waals surface area contributed by atoms with Gasteiger partial charge in [-0.25, -0.2) is 4.98 Å². The van der Waals surface area contributed by atoms with Crippen molar-refractivity contribution in [2.24, 2.45) is 0 Å². The summed E-state index contributed by atoms with van der Waals surface area (Å²) in [6.07, 6.45) is 5.22. The van der Waals surface area contributed by atoms with Gasteiger partial charge in [-0.2, -0.15) is 0 Å². The Morgan fingerprint density at radius 2 is 1.78 bits per heavy atom. The number of rotatable bonds is 7. The molecule has 3 aromatic carbocycles. The van der Waals surface area contributed by atoms with Gasteiger partial charge >= 0.3 is 0 Å². The quantitative estimate of drug-likeness (QED) is 0.294. The number of pyridine rings is 1. The maximum absolute atomic E-state index is 12.7. The SMILES string of the molecule is CC(C)(C)c1ccc(COc2cccc(-n3cnc4cc(C(=O)NCc5cccnc5)ccc43)c2)cc1. The first kappa shape index (κ1) is 24.3. The minimum absolute atomic E-state index is 0.131. The minimum Gasteiger partial charge on any atom is -0.489 e. The normalized spacial score (nSPS) is 11.4. The predicted octanol–water partition coefficient (Wildman–Crippen LogP) is 6.23. The van der Waals surface area contributed by atoms with Crippen LogP contribution in [0.5, 0.6) is 5.75 Å². The van der Waals surface area contributed by atoms with Crippen LogP contribution in [-0.2, 0) is 18.6 Å². The molecule has 37 heavy (non-hydrogen) atoms. The van der Waals surface area contributed by atoms with E-state index < -0.39 is 0 Å². The molecule has 0 atom stereocenters. The zero-order valence-electron chi connectivity index (χ0n) is 21.3. The third-order valence-corrected chi connectivity index (χ3v) is 6.31. The number of carbonyl (C=O) groups is 1. The molecular formula is C31H30N4O2. The maximum Gasteiger partial charge on any atom is 0.251 e. The monoisotopic (exact) mass is 490 g/mol. The van der Waals surface area contributed by atoms with Gasteiger partial charge < -0.3 is 10.1 Å². The Balaban J connectivity index is 1.28. The van der Waals surface area contributed by atoms with Crippen LogP contribution in [0.25, 0.3) is 16.7 Å². The summed E-state index contributed by atoms with van der Waals surface area (Å²) in [5.74, 6) is 0.636. The number of nitrogens with one attached hydrogen (secondary N) is 1. The van der Waals surface area contributed by atoms with Crippen molar-refractivity contribution < 1.29 is 9.53 Å². The number of fused-ring (bicyclic) bond motifs is 1. The van der Waals surface area contributed by atoms with Gasteiger partial charge in [-0.15, -0.1) is 0 Å². The number of benzene rings is 3. The van der Waals surface area contributed by atoms with E-state index in [1.807, 2.05) is 59.2 Å². The Morgan fingerprint density at radius 1 is 0.946 bits per heavy atom. The van der Waals surface area contributed by atoms with Crippen LogP contribution in [0.15, 0.2) is 97.6 Å². The first-order valence-corrected chi connectivity index (χ1v) is 12.3. The van der Waals surface area contributed by atoms with Gasteiger partial charge in [-0.3, -0.25) is 14.3 Å². The average Bonchev–Trinajstić information content (AvgIpc) is 3.34. The van der Waals surface area contributed by atoms with Crippen molar-refractivity contribution in [2.75, 3.05) is 0 Å². The molecule has 1 N–H and O–H groups in total. The highest BCUT2D eigenvalue weighted by molar-refractivity contribution is 5.97. The number of imidazole rings is 1. The largest absolute Gasteiger partial charge is 0.489 e. The fourth-order valence-electron chi connectivity index (χ4n) is 4.14. The van der Waals surface area contributed by atoms with Gasteiger partial charge in [0.05, 0.1) is 16.7 Å². The number of hydrogen-bond acceptors (Lipinski definition) is 4. The topological polar surface area (TPSA) is 69.0 Å². The maximum atomic E-state index is 12.7. The highest BCUT2D eigenvalue weighted by Gasteiger charge is 2.13. The van der Waals surface area contributed by atoms with Crippen molar-refractivity contribution >= 4 is 16.9 Å². The highest BCUT2D eigenvalue weighted by atomic mass is 16.5. The molecule has 0 saturated heterocycles. The molecule has 2 heterocycles. The van der Waals surface area contributed by atoms with Gasteiger partial charge in [0.2, 0.25) is 0 Å². The Hall–Kier alpha value is -4.45. The smallest absolute Gasteiger partial charge is 0.251 e. The van der Waals surface area contributed by atoms with E-state index in [0.29, 0.717) is 18.7 Å². The number of amides is 1. The van der Waals surface area contributed by atoms with E-state index in [1.54, 1.807) is 18.7 Å².